The summed E-state index contributed by atoms with van der Waals surface area (Å²) in [5, 5.41) is 2.73. The third kappa shape index (κ3) is 4.23. The Kier molecular flexibility index (Phi) is 5.77. The predicted molar refractivity (Wildman–Crippen MR) is 65.2 cm³/mol. The minimum Gasteiger partial charge on any atom is -0.494 e. The Morgan fingerprint density at radius 1 is 1.47 bits per heavy atom. The third-order valence-corrected chi connectivity index (χ3v) is 2.53. The zero-order chi connectivity index (χ0) is 12.7. The lowest BCUT2D eigenvalue weighted by Crippen LogP contribution is -2.24. The molecule has 0 saturated carbocycles. The van der Waals surface area contributed by atoms with Gasteiger partial charge in [-0.05, 0) is 31.0 Å². The maximum absolute atomic E-state index is 13.1. The molecule has 0 fully saturated rings. The van der Waals surface area contributed by atoms with Crippen molar-refractivity contribution in [2.45, 2.75) is 12.8 Å². The molecule has 1 amide bonds. The first-order valence-corrected chi connectivity index (χ1v) is 5.90. The second-order valence-corrected chi connectivity index (χ2v) is 3.88. The second kappa shape index (κ2) is 7.12. The van der Waals surface area contributed by atoms with Crippen LogP contribution in [0.2, 0.25) is 0 Å². The highest BCUT2D eigenvalue weighted by atomic mass is 35.5. The van der Waals surface area contributed by atoms with Gasteiger partial charge < -0.3 is 10.1 Å². The minimum absolute atomic E-state index is 0.0680. The van der Waals surface area contributed by atoms with E-state index in [-0.39, 0.29) is 11.7 Å². The molecule has 17 heavy (non-hydrogen) atoms. The molecule has 0 radical (unpaired) electrons. The van der Waals surface area contributed by atoms with Gasteiger partial charge in [-0.25, -0.2) is 4.39 Å². The van der Waals surface area contributed by atoms with Gasteiger partial charge in [0.05, 0.1) is 7.11 Å². The molecule has 0 heterocycles. The van der Waals surface area contributed by atoms with Gasteiger partial charge in [-0.2, -0.15) is 0 Å². The zero-order valence-corrected chi connectivity index (χ0v) is 10.4. The fraction of sp³-hybridized carbons (Fsp3) is 0.417. The second-order valence-electron chi connectivity index (χ2n) is 3.50. The van der Waals surface area contributed by atoms with Gasteiger partial charge in [0.25, 0.3) is 5.91 Å². The summed E-state index contributed by atoms with van der Waals surface area (Å²) in [5.74, 6) is -0.0669. The molecule has 3 nitrogen and oxygen atoms in total. The lowest BCUT2D eigenvalue weighted by molar-refractivity contribution is 0.0952. The first-order valence-electron chi connectivity index (χ1n) is 5.36. The SMILES string of the molecule is COc1cc(C(=O)NCCCCCl)ccc1F. The Morgan fingerprint density at radius 2 is 2.24 bits per heavy atom. The molecule has 0 aliphatic carbocycles. The molecule has 0 atom stereocenters. The van der Waals surface area contributed by atoms with E-state index in [0.717, 1.165) is 12.8 Å². The van der Waals surface area contributed by atoms with E-state index < -0.39 is 5.82 Å². The molecule has 0 aliphatic heterocycles. The molecular formula is C12H15ClFNO2. The maximum atomic E-state index is 13.1. The van der Waals surface area contributed by atoms with Crippen molar-refractivity contribution < 1.29 is 13.9 Å². The molecular weight excluding hydrogens is 245 g/mol. The standard InChI is InChI=1S/C12H15ClFNO2/c1-17-11-8-9(4-5-10(11)14)12(16)15-7-3-2-6-13/h4-5,8H,2-3,6-7H2,1H3,(H,15,16). The number of carbonyl (C=O) groups is 1. The summed E-state index contributed by atoms with van der Waals surface area (Å²) in [6.45, 7) is 0.561. The van der Waals surface area contributed by atoms with Crippen LogP contribution in [0.3, 0.4) is 0 Å². The van der Waals surface area contributed by atoms with E-state index in [9.17, 15) is 9.18 Å². The van der Waals surface area contributed by atoms with E-state index in [0.29, 0.717) is 18.0 Å². The number of hydrogen-bond acceptors (Lipinski definition) is 2. The summed E-state index contributed by atoms with van der Waals surface area (Å²) in [6.07, 6.45) is 1.68. The first-order chi connectivity index (χ1) is 8.19. The summed E-state index contributed by atoms with van der Waals surface area (Å²) in [5.41, 5.74) is 0.383. The van der Waals surface area contributed by atoms with Crippen LogP contribution in [0.15, 0.2) is 18.2 Å². The summed E-state index contributed by atoms with van der Waals surface area (Å²) >= 11 is 5.52. The predicted octanol–water partition coefficient (Wildman–Crippen LogP) is 2.58. The molecule has 5 heteroatoms. The number of benzene rings is 1. The molecule has 94 valence electrons. The van der Waals surface area contributed by atoms with Crippen molar-refractivity contribution in [3.8, 4) is 5.75 Å². The average Bonchev–Trinajstić information content (AvgIpc) is 2.35. The van der Waals surface area contributed by atoms with Crippen molar-refractivity contribution in [3.05, 3.63) is 29.6 Å². The van der Waals surface area contributed by atoms with Crippen LogP contribution in [0.1, 0.15) is 23.2 Å². The van der Waals surface area contributed by atoms with Crippen molar-refractivity contribution in [1.82, 2.24) is 5.32 Å². The van der Waals surface area contributed by atoms with Crippen LogP contribution in [-0.2, 0) is 0 Å². The highest BCUT2D eigenvalue weighted by Crippen LogP contribution is 2.17. The highest BCUT2D eigenvalue weighted by Gasteiger charge is 2.09. The molecule has 0 aliphatic rings. The van der Waals surface area contributed by atoms with Crippen molar-refractivity contribution in [3.63, 3.8) is 0 Å². The van der Waals surface area contributed by atoms with Gasteiger partial charge in [0.2, 0.25) is 0 Å². The van der Waals surface area contributed by atoms with Gasteiger partial charge in [0.15, 0.2) is 11.6 Å². The van der Waals surface area contributed by atoms with E-state index in [1.165, 1.54) is 25.3 Å². The van der Waals surface area contributed by atoms with Crippen LogP contribution >= 0.6 is 11.6 Å². The van der Waals surface area contributed by atoms with Gasteiger partial charge in [0.1, 0.15) is 0 Å². The van der Waals surface area contributed by atoms with Crippen LogP contribution in [-0.4, -0.2) is 25.4 Å². The Balaban J connectivity index is 2.57. The number of methoxy groups -OCH3 is 1. The van der Waals surface area contributed by atoms with Crippen molar-refractivity contribution in [2.75, 3.05) is 19.5 Å². The molecule has 1 aromatic rings. The number of hydrogen-bond donors (Lipinski definition) is 1. The lowest BCUT2D eigenvalue weighted by atomic mass is 10.2. The van der Waals surface area contributed by atoms with E-state index in [1.807, 2.05) is 0 Å². The summed E-state index contributed by atoms with van der Waals surface area (Å²) < 4.78 is 17.9. The summed E-state index contributed by atoms with van der Waals surface area (Å²) in [7, 11) is 1.36. The topological polar surface area (TPSA) is 38.3 Å². The molecule has 0 spiro atoms. The summed E-state index contributed by atoms with van der Waals surface area (Å²) in [6, 6.07) is 4.02. The van der Waals surface area contributed by atoms with E-state index in [4.69, 9.17) is 16.3 Å². The Morgan fingerprint density at radius 3 is 2.88 bits per heavy atom. The number of amides is 1. The van der Waals surface area contributed by atoms with Crippen molar-refractivity contribution >= 4 is 17.5 Å². The van der Waals surface area contributed by atoms with Gasteiger partial charge in [-0.1, -0.05) is 0 Å². The first kappa shape index (κ1) is 13.8. The monoisotopic (exact) mass is 259 g/mol. The highest BCUT2D eigenvalue weighted by molar-refractivity contribution is 6.17. The quantitative estimate of drug-likeness (QED) is 0.630. The zero-order valence-electron chi connectivity index (χ0n) is 9.63. The van der Waals surface area contributed by atoms with E-state index >= 15 is 0 Å². The number of nitrogens with one attached hydrogen (secondary N) is 1. The maximum Gasteiger partial charge on any atom is 0.251 e. The smallest absolute Gasteiger partial charge is 0.251 e. The van der Waals surface area contributed by atoms with Crippen LogP contribution < -0.4 is 10.1 Å². The lowest BCUT2D eigenvalue weighted by Gasteiger charge is -2.06. The van der Waals surface area contributed by atoms with Gasteiger partial charge in [-0.15, -0.1) is 11.6 Å². The Bertz CT molecular complexity index is 385. The Labute approximate surface area is 105 Å². The number of unbranched alkanes of at least 4 members (excludes halogenated alkanes) is 1. The Hall–Kier alpha value is -1.29. The van der Waals surface area contributed by atoms with Gasteiger partial charge in [-0.3, -0.25) is 4.79 Å². The fourth-order valence-electron chi connectivity index (χ4n) is 1.32. The molecule has 0 aromatic heterocycles. The normalized spacial score (nSPS) is 10.1. The van der Waals surface area contributed by atoms with Crippen molar-refractivity contribution in [2.24, 2.45) is 0 Å². The molecule has 1 N–H and O–H groups in total. The van der Waals surface area contributed by atoms with Crippen LogP contribution in [0.25, 0.3) is 0 Å². The number of rotatable bonds is 6. The van der Waals surface area contributed by atoms with E-state index in [1.54, 1.807) is 0 Å². The van der Waals surface area contributed by atoms with Crippen molar-refractivity contribution in [1.29, 1.82) is 0 Å². The number of halogens is 2. The van der Waals surface area contributed by atoms with Crippen LogP contribution in [0, 0.1) is 5.82 Å². The molecule has 1 aromatic carbocycles. The van der Waals surface area contributed by atoms with Crippen LogP contribution in [0.4, 0.5) is 4.39 Å². The number of carbonyl (C=O) groups excluding carboxylic acids is 1. The summed E-state index contributed by atoms with van der Waals surface area (Å²) in [4.78, 5) is 11.7. The molecule has 0 unspecified atom stereocenters. The van der Waals surface area contributed by atoms with E-state index in [2.05, 4.69) is 5.32 Å². The minimum atomic E-state index is -0.480. The fourth-order valence-corrected chi connectivity index (χ4v) is 1.51. The molecule has 1 rings (SSSR count). The van der Waals surface area contributed by atoms with Gasteiger partial charge >= 0.3 is 0 Å². The number of alkyl halides is 1. The third-order valence-electron chi connectivity index (χ3n) is 2.26. The van der Waals surface area contributed by atoms with Gasteiger partial charge in [0, 0.05) is 18.0 Å². The molecule has 0 bridgehead atoms. The molecule has 0 saturated heterocycles. The number of ether oxygens (including phenoxy) is 1. The van der Waals surface area contributed by atoms with Crippen LogP contribution in [0.5, 0.6) is 5.75 Å². The largest absolute Gasteiger partial charge is 0.494 e. The average molecular weight is 260 g/mol.